The first-order valence-corrected chi connectivity index (χ1v) is 18.4. The van der Waals surface area contributed by atoms with Crippen LogP contribution in [-0.2, 0) is 28.8 Å². The standard InChI is InChI=1S/C32H34FN7O12S2/c1-13-16(11-40-5-2-3-15(40)10-38(4-6-40)27(46)14-7-17(33)25(44)19(41)8-14)24(31(50)51)39-28(47)23(29(39)54-13)36-26(45)22(18-12-53-32(34)35-18)37-52-20(30(48)49)9-21(42)43/h7-8,12-13,15,20,23,29H,2-6,9-11H2,1H3,(H7-,34,35,36,37,41,42,43,44,45,46,48,49,50,51)/p+1/t13-,15-,20-,23+,29+,40?/m0/s1. The largest absolute Gasteiger partial charge is 0.504 e. The normalized spacial score (nSPS) is 25.7. The Morgan fingerprint density at radius 3 is 2.56 bits per heavy atom. The van der Waals surface area contributed by atoms with Gasteiger partial charge in [-0.1, -0.05) is 5.16 Å². The van der Waals surface area contributed by atoms with Gasteiger partial charge in [0.25, 0.3) is 17.7 Å². The molecular weight excluding hydrogens is 758 g/mol. The van der Waals surface area contributed by atoms with Gasteiger partial charge in [0, 0.05) is 34.6 Å². The molecule has 0 aliphatic carbocycles. The second-order valence-electron chi connectivity index (χ2n) is 13.2. The van der Waals surface area contributed by atoms with Crippen molar-refractivity contribution in [1.82, 2.24) is 20.1 Å². The van der Waals surface area contributed by atoms with Crippen molar-refractivity contribution in [3.63, 3.8) is 0 Å². The highest BCUT2D eigenvalue weighted by molar-refractivity contribution is 8.00. The van der Waals surface area contributed by atoms with E-state index in [2.05, 4.69) is 15.5 Å². The second-order valence-corrected chi connectivity index (χ2v) is 15.6. The van der Waals surface area contributed by atoms with E-state index in [1.54, 1.807) is 11.8 Å². The summed E-state index contributed by atoms with van der Waals surface area (Å²) in [5.74, 6) is -9.63. The summed E-state index contributed by atoms with van der Waals surface area (Å²) >= 11 is 2.18. The van der Waals surface area contributed by atoms with Crippen molar-refractivity contribution in [1.29, 1.82) is 0 Å². The smallest absolute Gasteiger partial charge is 0.352 e. The van der Waals surface area contributed by atoms with Crippen LogP contribution in [0.2, 0.25) is 0 Å². The predicted octanol–water partition coefficient (Wildman–Crippen LogP) is 0.187. The number of nitrogens with one attached hydrogen (secondary N) is 1. The Kier molecular flexibility index (Phi) is 10.4. The number of hydrogen-bond donors (Lipinski definition) is 7. The Labute approximate surface area is 313 Å². The number of thioether (sulfide) groups is 1. The fourth-order valence-corrected chi connectivity index (χ4v) is 9.32. The summed E-state index contributed by atoms with van der Waals surface area (Å²) in [5, 5.41) is 54.4. The van der Waals surface area contributed by atoms with Crippen molar-refractivity contribution >= 4 is 69.6 Å². The van der Waals surface area contributed by atoms with Gasteiger partial charge in [-0.25, -0.2) is 19.0 Å². The minimum atomic E-state index is -1.96. The van der Waals surface area contributed by atoms with Gasteiger partial charge in [0.1, 0.15) is 35.4 Å². The highest BCUT2D eigenvalue weighted by Crippen LogP contribution is 2.46. The van der Waals surface area contributed by atoms with Gasteiger partial charge in [-0.3, -0.25) is 24.1 Å². The molecule has 3 saturated heterocycles. The summed E-state index contributed by atoms with van der Waals surface area (Å²) in [7, 11) is 0. The lowest BCUT2D eigenvalue weighted by molar-refractivity contribution is -0.938. The van der Waals surface area contributed by atoms with Crippen molar-refractivity contribution < 1.29 is 68.0 Å². The number of carbonyl (C=O) groups excluding carboxylic acids is 3. The number of quaternary nitrogens is 1. The van der Waals surface area contributed by atoms with Gasteiger partial charge in [0.15, 0.2) is 28.2 Å². The molecule has 5 heterocycles. The van der Waals surface area contributed by atoms with E-state index in [4.69, 9.17) is 15.7 Å². The van der Waals surface area contributed by atoms with E-state index in [-0.39, 0.29) is 47.8 Å². The summed E-state index contributed by atoms with van der Waals surface area (Å²) in [6.07, 6.45) is -1.42. The van der Waals surface area contributed by atoms with Crippen molar-refractivity contribution in [2.45, 2.75) is 55.0 Å². The quantitative estimate of drug-likeness (QED) is 0.0497. The summed E-state index contributed by atoms with van der Waals surface area (Å²) in [6.45, 7) is 3.71. The molecule has 4 aliphatic heterocycles. The maximum Gasteiger partial charge on any atom is 0.352 e. The van der Waals surface area contributed by atoms with E-state index in [1.807, 2.05) is 0 Å². The van der Waals surface area contributed by atoms with E-state index < -0.39 is 87.8 Å². The van der Waals surface area contributed by atoms with Crippen LogP contribution in [0.4, 0.5) is 9.52 Å². The Balaban J connectivity index is 1.20. The van der Waals surface area contributed by atoms with Crippen LogP contribution < -0.4 is 11.1 Å². The minimum absolute atomic E-state index is 0.0183. The molecular formula is C32H35FN7O12S2+. The molecule has 0 spiro atoms. The number of nitrogens with zero attached hydrogens (tertiary/aromatic N) is 5. The number of β-lactam (4-membered cyclic amide) rings is 1. The van der Waals surface area contributed by atoms with Gasteiger partial charge < -0.3 is 50.8 Å². The van der Waals surface area contributed by atoms with Crippen molar-refractivity contribution in [3.8, 4) is 11.5 Å². The number of thiazole rings is 1. The van der Waals surface area contributed by atoms with Crippen LogP contribution in [0.15, 0.2) is 33.9 Å². The second kappa shape index (κ2) is 14.7. The average molecular weight is 793 g/mol. The first kappa shape index (κ1) is 38.3. The number of rotatable bonds is 12. The number of aromatic hydroxyl groups is 2. The van der Waals surface area contributed by atoms with Gasteiger partial charge in [-0.2, -0.15) is 0 Å². The number of phenols is 2. The number of carbonyl (C=O) groups is 6. The zero-order chi connectivity index (χ0) is 39.2. The molecule has 22 heteroatoms. The highest BCUT2D eigenvalue weighted by Gasteiger charge is 2.58. The van der Waals surface area contributed by atoms with Crippen LogP contribution in [0.25, 0.3) is 0 Å². The monoisotopic (exact) mass is 792 g/mol. The van der Waals surface area contributed by atoms with E-state index in [0.717, 1.165) is 41.2 Å². The maximum atomic E-state index is 14.1. The molecule has 6 rings (SSSR count). The number of amides is 3. The number of aliphatic carboxylic acids is 3. The van der Waals surface area contributed by atoms with Crippen LogP contribution in [-0.4, -0.2) is 148 Å². The fourth-order valence-electron chi connectivity index (χ4n) is 7.34. The molecule has 3 fully saturated rings. The molecule has 288 valence electrons. The summed E-state index contributed by atoms with van der Waals surface area (Å²) in [5.41, 5.74) is 5.14. The van der Waals surface area contributed by atoms with Gasteiger partial charge in [0.2, 0.25) is 6.10 Å². The predicted molar refractivity (Wildman–Crippen MR) is 186 cm³/mol. The number of carboxylic acids is 3. The summed E-state index contributed by atoms with van der Waals surface area (Å²) < 4.78 is 14.6. The first-order chi connectivity index (χ1) is 25.5. The van der Waals surface area contributed by atoms with E-state index in [0.29, 0.717) is 23.1 Å². The van der Waals surface area contributed by atoms with E-state index >= 15 is 0 Å². The first-order valence-electron chi connectivity index (χ1n) is 16.5. The van der Waals surface area contributed by atoms with E-state index in [1.165, 1.54) is 17.1 Å². The van der Waals surface area contributed by atoms with E-state index in [9.17, 15) is 53.6 Å². The number of oxime groups is 1. The fraction of sp³-hybridized carbons (Fsp3) is 0.438. The number of carboxylic acid groups (broad SMARTS) is 3. The van der Waals surface area contributed by atoms with Gasteiger partial charge in [-0.05, 0) is 19.1 Å². The molecule has 54 heavy (non-hydrogen) atoms. The zero-order valence-electron chi connectivity index (χ0n) is 28.4. The molecule has 2 aromatic rings. The molecule has 6 atom stereocenters. The molecule has 0 radical (unpaired) electrons. The van der Waals surface area contributed by atoms with Crippen molar-refractivity contribution in [2.75, 3.05) is 38.5 Å². The number of anilines is 1. The third-order valence-electron chi connectivity index (χ3n) is 10.0. The van der Waals surface area contributed by atoms with Crippen LogP contribution in [0, 0.1) is 5.82 Å². The lowest BCUT2D eigenvalue weighted by atomic mass is 9.98. The molecule has 8 N–H and O–H groups in total. The number of benzene rings is 1. The molecule has 19 nitrogen and oxygen atoms in total. The SMILES string of the molecule is C[C@@H]1S[C@@H]2[C@H](NC(=O)/C(=N\O[C@@H](CC(=O)O)C(=O)O)c3csc(N)n3)C(=O)N2C(C(=O)O)=C1C[N+]12CCC[C@H]1CN(C(=O)c1cc(O)c(O)c(F)c1)CC2. The Morgan fingerprint density at radius 2 is 1.93 bits per heavy atom. The molecule has 1 aromatic heterocycles. The minimum Gasteiger partial charge on any atom is -0.504 e. The zero-order valence-corrected chi connectivity index (χ0v) is 30.0. The lowest BCUT2D eigenvalue weighted by Gasteiger charge is -2.53. The van der Waals surface area contributed by atoms with Crippen LogP contribution in [0.3, 0.4) is 0 Å². The molecule has 0 bridgehead atoms. The molecule has 1 aromatic carbocycles. The summed E-state index contributed by atoms with van der Waals surface area (Å²) in [4.78, 5) is 87.4. The van der Waals surface area contributed by atoms with Crippen LogP contribution in [0.1, 0.15) is 42.2 Å². The third-order valence-corrected chi connectivity index (χ3v) is 12.2. The van der Waals surface area contributed by atoms with Crippen molar-refractivity contribution in [2.24, 2.45) is 5.16 Å². The molecule has 3 amide bonds. The third kappa shape index (κ3) is 7.10. The number of fused-ring (bicyclic) bond motifs is 2. The topological polar surface area (TPSA) is 283 Å². The molecule has 1 unspecified atom stereocenters. The number of hydrogen-bond acceptors (Lipinski definition) is 14. The van der Waals surface area contributed by atoms with Gasteiger partial charge in [0.05, 0.1) is 32.6 Å². The average Bonchev–Trinajstić information content (AvgIpc) is 3.74. The van der Waals surface area contributed by atoms with Gasteiger partial charge >= 0.3 is 17.9 Å². The number of aromatic nitrogens is 1. The highest BCUT2D eigenvalue weighted by atomic mass is 32.2. The Morgan fingerprint density at radius 1 is 1.19 bits per heavy atom. The Bertz CT molecular complexity index is 1990. The van der Waals surface area contributed by atoms with Gasteiger partial charge in [-0.15, -0.1) is 23.1 Å². The number of phenolic OH excluding ortho intramolecular Hbond substituents is 2. The Hall–Kier alpha value is -5.48. The lowest BCUT2D eigenvalue weighted by Crippen LogP contribution is -2.72. The maximum absolute atomic E-state index is 14.1. The number of nitrogen functional groups attached to an aromatic ring is 1. The number of nitrogens with two attached hydrogens (primary N) is 1. The summed E-state index contributed by atoms with van der Waals surface area (Å²) in [6, 6.07) is 0.519. The van der Waals surface area contributed by atoms with Crippen LogP contribution >= 0.6 is 23.1 Å². The van der Waals surface area contributed by atoms with Crippen LogP contribution in [0.5, 0.6) is 11.5 Å². The molecule has 0 saturated carbocycles. The number of piperazine rings is 1. The van der Waals surface area contributed by atoms with Crippen molar-refractivity contribution in [3.05, 3.63) is 45.9 Å². The number of halogens is 1. The molecule has 4 aliphatic rings.